The van der Waals surface area contributed by atoms with Crippen molar-refractivity contribution in [3.05, 3.63) is 23.8 Å². The zero-order valence-corrected chi connectivity index (χ0v) is 13.0. The van der Waals surface area contributed by atoms with Crippen LogP contribution in [0, 0.1) is 5.41 Å². The molecule has 1 saturated heterocycles. The van der Waals surface area contributed by atoms with Crippen LogP contribution in [-0.4, -0.2) is 38.3 Å². The van der Waals surface area contributed by atoms with Gasteiger partial charge in [0, 0.05) is 31.2 Å². The van der Waals surface area contributed by atoms with Crippen molar-refractivity contribution in [3.63, 3.8) is 0 Å². The van der Waals surface area contributed by atoms with Crippen LogP contribution in [0.25, 0.3) is 0 Å². The number of methoxy groups -OCH3 is 2. The number of likely N-dealkylation sites (tertiary alicyclic amines) is 1. The number of ether oxygens (including phenoxy) is 2. The summed E-state index contributed by atoms with van der Waals surface area (Å²) in [5.41, 5.74) is 7.52. The van der Waals surface area contributed by atoms with Crippen molar-refractivity contribution < 1.29 is 9.47 Å². The normalized spacial score (nSPS) is 22.6. The molecule has 1 atom stereocenters. The second kappa shape index (κ2) is 6.02. The smallest absolute Gasteiger partial charge is 0.165 e. The predicted molar refractivity (Wildman–Crippen MR) is 81.2 cm³/mol. The molecule has 0 amide bonds. The van der Waals surface area contributed by atoms with Crippen LogP contribution in [0.3, 0.4) is 0 Å². The van der Waals surface area contributed by atoms with Gasteiger partial charge in [0.15, 0.2) is 11.5 Å². The average molecular weight is 278 g/mol. The highest BCUT2D eigenvalue weighted by molar-refractivity contribution is 5.46. The van der Waals surface area contributed by atoms with E-state index in [1.54, 1.807) is 14.2 Å². The van der Waals surface area contributed by atoms with Crippen LogP contribution in [0.4, 0.5) is 0 Å². The Morgan fingerprint density at radius 1 is 1.30 bits per heavy atom. The van der Waals surface area contributed by atoms with Crippen molar-refractivity contribution in [2.75, 3.05) is 27.3 Å². The molecule has 0 bridgehead atoms. The highest BCUT2D eigenvalue weighted by atomic mass is 16.5. The van der Waals surface area contributed by atoms with Gasteiger partial charge in [0.05, 0.1) is 14.2 Å². The fourth-order valence-electron chi connectivity index (χ4n) is 2.94. The van der Waals surface area contributed by atoms with Crippen molar-refractivity contribution in [1.29, 1.82) is 0 Å². The van der Waals surface area contributed by atoms with Crippen LogP contribution in [0.2, 0.25) is 0 Å². The maximum Gasteiger partial charge on any atom is 0.165 e. The molecular formula is C16H26N2O2. The molecule has 2 N–H and O–H groups in total. The zero-order valence-electron chi connectivity index (χ0n) is 13.0. The summed E-state index contributed by atoms with van der Waals surface area (Å²) in [5.74, 6) is 1.63. The summed E-state index contributed by atoms with van der Waals surface area (Å²) >= 11 is 0. The molecule has 0 radical (unpaired) electrons. The molecule has 1 unspecified atom stereocenters. The van der Waals surface area contributed by atoms with E-state index in [1.165, 1.54) is 0 Å². The van der Waals surface area contributed by atoms with Crippen LogP contribution in [0.1, 0.15) is 25.8 Å². The van der Waals surface area contributed by atoms with Crippen LogP contribution in [0.5, 0.6) is 11.5 Å². The lowest BCUT2D eigenvalue weighted by atomic mass is 9.79. The van der Waals surface area contributed by atoms with Gasteiger partial charge in [-0.25, -0.2) is 0 Å². The van der Waals surface area contributed by atoms with E-state index in [-0.39, 0.29) is 11.5 Å². The monoisotopic (exact) mass is 278 g/mol. The van der Waals surface area contributed by atoms with E-state index in [0.717, 1.165) is 43.1 Å². The maximum atomic E-state index is 6.20. The summed E-state index contributed by atoms with van der Waals surface area (Å²) in [6.45, 7) is 7.40. The number of benzene rings is 1. The lowest BCUT2D eigenvalue weighted by molar-refractivity contribution is 0.0891. The summed E-state index contributed by atoms with van der Waals surface area (Å²) in [7, 11) is 3.36. The average Bonchev–Trinajstić information content (AvgIpc) is 2.42. The molecule has 1 fully saturated rings. The van der Waals surface area contributed by atoms with Gasteiger partial charge in [0.2, 0.25) is 0 Å². The van der Waals surface area contributed by atoms with E-state index in [0.29, 0.717) is 0 Å². The van der Waals surface area contributed by atoms with Gasteiger partial charge in [-0.1, -0.05) is 26.0 Å². The van der Waals surface area contributed by atoms with E-state index in [2.05, 4.69) is 24.8 Å². The van der Waals surface area contributed by atoms with Crippen molar-refractivity contribution in [2.45, 2.75) is 32.9 Å². The van der Waals surface area contributed by atoms with Gasteiger partial charge in [-0.2, -0.15) is 0 Å². The van der Waals surface area contributed by atoms with Crippen molar-refractivity contribution in [3.8, 4) is 11.5 Å². The van der Waals surface area contributed by atoms with Gasteiger partial charge in [-0.05, 0) is 17.9 Å². The van der Waals surface area contributed by atoms with Gasteiger partial charge in [-0.3, -0.25) is 4.90 Å². The molecule has 4 nitrogen and oxygen atoms in total. The molecule has 0 spiro atoms. The summed E-state index contributed by atoms with van der Waals surface area (Å²) in [5, 5.41) is 0. The SMILES string of the molecule is COc1cccc(CN2CCC(N)C(C)(C)C2)c1OC. The number of rotatable bonds is 4. The summed E-state index contributed by atoms with van der Waals surface area (Å²) < 4.78 is 10.9. The number of nitrogens with two attached hydrogens (primary N) is 1. The number of nitrogens with zero attached hydrogens (tertiary/aromatic N) is 1. The Balaban J connectivity index is 2.14. The van der Waals surface area contributed by atoms with E-state index >= 15 is 0 Å². The minimum atomic E-state index is 0.157. The second-order valence-corrected chi connectivity index (χ2v) is 6.25. The number of para-hydroxylation sites is 1. The van der Waals surface area contributed by atoms with Crippen LogP contribution in [0.15, 0.2) is 18.2 Å². The molecule has 1 heterocycles. The summed E-state index contributed by atoms with van der Waals surface area (Å²) in [6, 6.07) is 6.32. The first-order valence-electron chi connectivity index (χ1n) is 7.15. The van der Waals surface area contributed by atoms with E-state index in [4.69, 9.17) is 15.2 Å². The fraction of sp³-hybridized carbons (Fsp3) is 0.625. The lowest BCUT2D eigenvalue weighted by Crippen LogP contribution is -2.52. The molecule has 0 aromatic heterocycles. The van der Waals surface area contributed by atoms with Gasteiger partial charge in [-0.15, -0.1) is 0 Å². The standard InChI is InChI=1S/C16H26N2O2/c1-16(2)11-18(9-8-14(16)17)10-12-6-5-7-13(19-3)15(12)20-4/h5-7,14H,8-11,17H2,1-4H3. The third-order valence-electron chi connectivity index (χ3n) is 4.27. The Labute approximate surface area is 121 Å². The Morgan fingerprint density at radius 3 is 2.65 bits per heavy atom. The molecule has 20 heavy (non-hydrogen) atoms. The third kappa shape index (κ3) is 3.07. The number of hydrogen-bond donors (Lipinski definition) is 1. The molecule has 1 aliphatic heterocycles. The summed E-state index contributed by atoms with van der Waals surface area (Å²) in [4.78, 5) is 2.45. The van der Waals surface area contributed by atoms with E-state index < -0.39 is 0 Å². The molecular weight excluding hydrogens is 252 g/mol. The maximum absolute atomic E-state index is 6.20. The Bertz CT molecular complexity index is 460. The van der Waals surface area contributed by atoms with Crippen molar-refractivity contribution in [1.82, 2.24) is 4.90 Å². The Hall–Kier alpha value is -1.26. The molecule has 2 rings (SSSR count). The van der Waals surface area contributed by atoms with Crippen LogP contribution in [-0.2, 0) is 6.54 Å². The highest BCUT2D eigenvalue weighted by Gasteiger charge is 2.33. The Kier molecular flexibility index (Phi) is 4.55. The molecule has 0 aliphatic carbocycles. The molecule has 112 valence electrons. The van der Waals surface area contributed by atoms with Gasteiger partial charge in [0.1, 0.15) is 0 Å². The minimum Gasteiger partial charge on any atom is -0.493 e. The first-order chi connectivity index (χ1) is 9.47. The Morgan fingerprint density at radius 2 is 2.05 bits per heavy atom. The quantitative estimate of drug-likeness (QED) is 0.918. The van der Waals surface area contributed by atoms with Gasteiger partial charge >= 0.3 is 0 Å². The zero-order chi connectivity index (χ0) is 14.8. The molecule has 4 heteroatoms. The minimum absolute atomic E-state index is 0.157. The summed E-state index contributed by atoms with van der Waals surface area (Å²) in [6.07, 6.45) is 1.04. The van der Waals surface area contributed by atoms with E-state index in [1.807, 2.05) is 12.1 Å². The predicted octanol–water partition coefficient (Wildman–Crippen LogP) is 2.26. The van der Waals surface area contributed by atoms with Gasteiger partial charge in [0.25, 0.3) is 0 Å². The fourth-order valence-corrected chi connectivity index (χ4v) is 2.94. The van der Waals surface area contributed by atoms with Crippen LogP contribution < -0.4 is 15.2 Å². The number of piperidine rings is 1. The van der Waals surface area contributed by atoms with E-state index in [9.17, 15) is 0 Å². The molecule has 1 aromatic rings. The topological polar surface area (TPSA) is 47.7 Å². The first-order valence-corrected chi connectivity index (χ1v) is 7.15. The lowest BCUT2D eigenvalue weighted by Gasteiger charge is -2.42. The largest absolute Gasteiger partial charge is 0.493 e. The molecule has 1 aromatic carbocycles. The van der Waals surface area contributed by atoms with Crippen molar-refractivity contribution >= 4 is 0 Å². The highest BCUT2D eigenvalue weighted by Crippen LogP contribution is 2.34. The molecule has 1 aliphatic rings. The molecule has 0 saturated carbocycles. The third-order valence-corrected chi connectivity index (χ3v) is 4.27. The second-order valence-electron chi connectivity index (χ2n) is 6.25. The van der Waals surface area contributed by atoms with Crippen molar-refractivity contribution in [2.24, 2.45) is 11.1 Å². The van der Waals surface area contributed by atoms with Crippen LogP contribution >= 0.6 is 0 Å². The number of hydrogen-bond acceptors (Lipinski definition) is 4. The first kappa shape index (κ1) is 15.1. The van der Waals surface area contributed by atoms with Gasteiger partial charge < -0.3 is 15.2 Å².